The zero-order chi connectivity index (χ0) is 13.0. The Morgan fingerprint density at radius 1 is 1.39 bits per heavy atom. The fourth-order valence-electron chi connectivity index (χ4n) is 1.97. The molecule has 4 heteroatoms. The molecule has 18 heavy (non-hydrogen) atoms. The molecule has 0 atom stereocenters. The smallest absolute Gasteiger partial charge is 0.0729 e. The molecular weight excluding hydrogens is 224 g/mol. The molecule has 4 nitrogen and oxygen atoms in total. The average Bonchev–Trinajstić information content (AvgIpc) is 2.95. The molecule has 0 saturated heterocycles. The van der Waals surface area contributed by atoms with Crippen molar-refractivity contribution in [3.05, 3.63) is 36.4 Å². The fourth-order valence-corrected chi connectivity index (χ4v) is 1.97. The van der Waals surface area contributed by atoms with E-state index in [0.29, 0.717) is 6.04 Å². The molecule has 0 bridgehead atoms. The van der Waals surface area contributed by atoms with Gasteiger partial charge in [-0.2, -0.15) is 5.10 Å². The van der Waals surface area contributed by atoms with Crippen molar-refractivity contribution >= 4 is 5.69 Å². The third-order valence-electron chi connectivity index (χ3n) is 2.99. The summed E-state index contributed by atoms with van der Waals surface area (Å²) in [5, 5.41) is 7.74. The maximum atomic E-state index is 4.32. The highest BCUT2D eigenvalue weighted by atomic mass is 15.3. The minimum Gasteiger partial charge on any atom is -0.377 e. The molecule has 0 aliphatic carbocycles. The molecule has 2 rings (SSSR count). The van der Waals surface area contributed by atoms with Gasteiger partial charge < -0.3 is 9.88 Å². The summed E-state index contributed by atoms with van der Waals surface area (Å²) in [6.45, 7) is 8.38. The summed E-state index contributed by atoms with van der Waals surface area (Å²) in [4.78, 5) is 0. The summed E-state index contributed by atoms with van der Waals surface area (Å²) in [5.74, 6) is 0. The first kappa shape index (κ1) is 12.7. The molecule has 2 aromatic heterocycles. The van der Waals surface area contributed by atoms with E-state index in [4.69, 9.17) is 0 Å². The minimum absolute atomic E-state index is 0.407. The standard InChI is InChI=1S/C14H22N4/c1-4-7-17-8-5-6-14(17)10-15-13-9-16-18(11-13)12(2)3/h5-6,8-9,11-12,15H,4,7,10H2,1-3H3. The summed E-state index contributed by atoms with van der Waals surface area (Å²) in [7, 11) is 0. The van der Waals surface area contributed by atoms with Gasteiger partial charge in [-0.1, -0.05) is 6.92 Å². The monoisotopic (exact) mass is 246 g/mol. The molecule has 0 aliphatic heterocycles. The fraction of sp³-hybridized carbons (Fsp3) is 0.500. The van der Waals surface area contributed by atoms with Crippen LogP contribution in [0.25, 0.3) is 0 Å². The second kappa shape index (κ2) is 5.76. The van der Waals surface area contributed by atoms with Crippen LogP contribution in [0.1, 0.15) is 38.9 Å². The first-order valence-electron chi connectivity index (χ1n) is 6.62. The lowest BCUT2D eigenvalue weighted by Crippen LogP contribution is -2.06. The van der Waals surface area contributed by atoms with Gasteiger partial charge >= 0.3 is 0 Å². The van der Waals surface area contributed by atoms with Crippen molar-refractivity contribution in [1.82, 2.24) is 14.3 Å². The van der Waals surface area contributed by atoms with Gasteiger partial charge in [0.05, 0.1) is 18.4 Å². The normalized spacial score (nSPS) is 11.1. The van der Waals surface area contributed by atoms with E-state index in [0.717, 1.165) is 25.2 Å². The molecule has 0 aromatic carbocycles. The summed E-state index contributed by atoms with van der Waals surface area (Å²) in [6.07, 6.45) is 7.23. The van der Waals surface area contributed by atoms with Crippen LogP contribution in [0.15, 0.2) is 30.7 Å². The van der Waals surface area contributed by atoms with Crippen LogP contribution in [0.2, 0.25) is 0 Å². The number of hydrogen-bond donors (Lipinski definition) is 1. The molecular formula is C14H22N4. The SMILES string of the molecule is CCCn1cccc1CNc1cnn(C(C)C)c1. The van der Waals surface area contributed by atoms with Gasteiger partial charge in [-0.25, -0.2) is 0 Å². The predicted molar refractivity (Wildman–Crippen MR) is 74.7 cm³/mol. The second-order valence-electron chi connectivity index (χ2n) is 4.85. The molecule has 0 aliphatic rings. The molecule has 1 N–H and O–H groups in total. The van der Waals surface area contributed by atoms with Gasteiger partial charge in [-0.05, 0) is 32.4 Å². The van der Waals surface area contributed by atoms with Crippen LogP contribution in [-0.2, 0) is 13.1 Å². The van der Waals surface area contributed by atoms with Crippen molar-refractivity contribution < 1.29 is 0 Å². The Morgan fingerprint density at radius 3 is 2.89 bits per heavy atom. The Hall–Kier alpha value is -1.71. The number of rotatable bonds is 6. The molecule has 98 valence electrons. The molecule has 0 fully saturated rings. The lowest BCUT2D eigenvalue weighted by Gasteiger charge is -2.09. The van der Waals surface area contributed by atoms with Crippen molar-refractivity contribution in [3.8, 4) is 0 Å². The number of aryl methyl sites for hydroxylation is 1. The van der Waals surface area contributed by atoms with Gasteiger partial charge in [-0.15, -0.1) is 0 Å². The van der Waals surface area contributed by atoms with Gasteiger partial charge in [0.1, 0.15) is 0 Å². The first-order chi connectivity index (χ1) is 8.70. The van der Waals surface area contributed by atoms with Crippen molar-refractivity contribution in [3.63, 3.8) is 0 Å². The number of nitrogens with zero attached hydrogens (tertiary/aromatic N) is 3. The zero-order valence-electron chi connectivity index (χ0n) is 11.4. The van der Waals surface area contributed by atoms with E-state index < -0.39 is 0 Å². The third-order valence-corrected chi connectivity index (χ3v) is 2.99. The summed E-state index contributed by atoms with van der Waals surface area (Å²) < 4.78 is 4.26. The average molecular weight is 246 g/mol. The highest BCUT2D eigenvalue weighted by molar-refractivity contribution is 5.38. The van der Waals surface area contributed by atoms with Crippen LogP contribution in [-0.4, -0.2) is 14.3 Å². The van der Waals surface area contributed by atoms with E-state index in [1.165, 1.54) is 5.69 Å². The summed E-state index contributed by atoms with van der Waals surface area (Å²) in [6, 6.07) is 4.67. The lowest BCUT2D eigenvalue weighted by atomic mass is 10.4. The third kappa shape index (κ3) is 2.94. The van der Waals surface area contributed by atoms with Crippen LogP contribution in [0, 0.1) is 0 Å². The van der Waals surface area contributed by atoms with Gasteiger partial charge in [-0.3, -0.25) is 4.68 Å². The predicted octanol–water partition coefficient (Wildman–Crippen LogP) is 3.29. The Morgan fingerprint density at radius 2 is 2.22 bits per heavy atom. The van der Waals surface area contributed by atoms with Crippen LogP contribution in [0.3, 0.4) is 0 Å². The molecule has 0 radical (unpaired) electrons. The van der Waals surface area contributed by atoms with E-state index in [1.807, 2.05) is 10.9 Å². The van der Waals surface area contributed by atoms with E-state index in [1.54, 1.807) is 0 Å². The largest absolute Gasteiger partial charge is 0.377 e. The van der Waals surface area contributed by atoms with Crippen LogP contribution in [0.4, 0.5) is 5.69 Å². The van der Waals surface area contributed by atoms with E-state index >= 15 is 0 Å². The molecule has 0 saturated carbocycles. The van der Waals surface area contributed by atoms with Crippen LogP contribution < -0.4 is 5.32 Å². The van der Waals surface area contributed by atoms with E-state index in [-0.39, 0.29) is 0 Å². The van der Waals surface area contributed by atoms with Crippen molar-refractivity contribution in [2.75, 3.05) is 5.32 Å². The topological polar surface area (TPSA) is 34.8 Å². The van der Waals surface area contributed by atoms with E-state index in [2.05, 4.69) is 60.3 Å². The minimum atomic E-state index is 0.407. The molecule has 2 heterocycles. The van der Waals surface area contributed by atoms with Crippen molar-refractivity contribution in [1.29, 1.82) is 0 Å². The van der Waals surface area contributed by atoms with Crippen molar-refractivity contribution in [2.45, 2.75) is 46.3 Å². The first-order valence-corrected chi connectivity index (χ1v) is 6.62. The number of nitrogens with one attached hydrogen (secondary N) is 1. The molecule has 0 unspecified atom stereocenters. The summed E-state index contributed by atoms with van der Waals surface area (Å²) >= 11 is 0. The van der Waals surface area contributed by atoms with E-state index in [9.17, 15) is 0 Å². The Labute approximate surface area is 109 Å². The maximum Gasteiger partial charge on any atom is 0.0729 e. The lowest BCUT2D eigenvalue weighted by molar-refractivity contribution is 0.532. The van der Waals surface area contributed by atoms with Gasteiger partial charge in [0, 0.05) is 30.7 Å². The van der Waals surface area contributed by atoms with Gasteiger partial charge in [0.2, 0.25) is 0 Å². The number of aromatic nitrogens is 3. The van der Waals surface area contributed by atoms with Gasteiger partial charge in [0.15, 0.2) is 0 Å². The van der Waals surface area contributed by atoms with Crippen LogP contribution >= 0.6 is 0 Å². The van der Waals surface area contributed by atoms with Crippen molar-refractivity contribution in [2.24, 2.45) is 0 Å². The second-order valence-corrected chi connectivity index (χ2v) is 4.85. The molecule has 0 spiro atoms. The number of anilines is 1. The zero-order valence-corrected chi connectivity index (χ0v) is 11.4. The molecule has 2 aromatic rings. The molecule has 0 amide bonds. The maximum absolute atomic E-state index is 4.32. The highest BCUT2D eigenvalue weighted by Crippen LogP contribution is 2.12. The Balaban J connectivity index is 1.95. The number of hydrogen-bond acceptors (Lipinski definition) is 2. The summed E-state index contributed by atoms with van der Waals surface area (Å²) in [5.41, 5.74) is 2.39. The Kier molecular flexibility index (Phi) is 4.07. The van der Waals surface area contributed by atoms with Gasteiger partial charge in [0.25, 0.3) is 0 Å². The van der Waals surface area contributed by atoms with Crippen LogP contribution in [0.5, 0.6) is 0 Å². The Bertz CT molecular complexity index is 481. The highest BCUT2D eigenvalue weighted by Gasteiger charge is 2.03. The quantitative estimate of drug-likeness (QED) is 0.848.